The molecule has 172 valence electrons. The lowest BCUT2D eigenvalue weighted by atomic mass is 10.1. The first-order chi connectivity index (χ1) is 14.6. The molecule has 2 rings (SSSR count). The van der Waals surface area contributed by atoms with Crippen LogP contribution in [0.4, 0.5) is 0 Å². The Morgan fingerprint density at radius 1 is 1.00 bits per heavy atom. The van der Waals surface area contributed by atoms with Gasteiger partial charge in [-0.3, -0.25) is 14.5 Å². The average molecular weight is 434 g/mol. The van der Waals surface area contributed by atoms with Crippen molar-refractivity contribution in [2.24, 2.45) is 0 Å². The van der Waals surface area contributed by atoms with Gasteiger partial charge < -0.3 is 24.4 Å². The largest absolute Gasteiger partial charge is 0.493 e. The van der Waals surface area contributed by atoms with E-state index in [2.05, 4.69) is 10.2 Å². The second-order valence-electron chi connectivity index (χ2n) is 8.57. The van der Waals surface area contributed by atoms with Crippen LogP contribution in [0.5, 0.6) is 17.2 Å². The number of hydrogen-bond donors (Lipinski definition) is 1. The Balaban J connectivity index is 1.98. The average Bonchev–Trinajstić information content (AvgIpc) is 2.74. The summed E-state index contributed by atoms with van der Waals surface area (Å²) in [7, 11) is 4.66. The molecule has 0 bridgehead atoms. The zero-order valence-electron chi connectivity index (χ0n) is 19.7. The van der Waals surface area contributed by atoms with Gasteiger partial charge in [0.2, 0.25) is 17.6 Å². The highest BCUT2D eigenvalue weighted by Gasteiger charge is 2.28. The second kappa shape index (κ2) is 10.5. The third-order valence-electron chi connectivity index (χ3n) is 5.16. The fourth-order valence-corrected chi connectivity index (χ4v) is 3.44. The SMILES string of the molecule is COc1cc(C=CC(=O)N2CCN(C(C)C(=O)NC(C)(C)C)CC2)cc(OC)c1OC. The van der Waals surface area contributed by atoms with E-state index >= 15 is 0 Å². The van der Waals surface area contributed by atoms with Crippen molar-refractivity contribution < 1.29 is 23.8 Å². The van der Waals surface area contributed by atoms with Gasteiger partial charge in [-0.05, 0) is 51.5 Å². The highest BCUT2D eigenvalue weighted by atomic mass is 16.5. The topological polar surface area (TPSA) is 80.3 Å². The van der Waals surface area contributed by atoms with Crippen LogP contribution in [0.1, 0.15) is 33.3 Å². The van der Waals surface area contributed by atoms with E-state index in [-0.39, 0.29) is 23.4 Å². The summed E-state index contributed by atoms with van der Waals surface area (Å²) < 4.78 is 16.0. The molecule has 1 heterocycles. The third-order valence-corrected chi connectivity index (χ3v) is 5.16. The number of nitrogens with zero attached hydrogens (tertiary/aromatic N) is 2. The maximum Gasteiger partial charge on any atom is 0.246 e. The summed E-state index contributed by atoms with van der Waals surface area (Å²) in [4.78, 5) is 29.0. The molecular weight excluding hydrogens is 398 g/mol. The Morgan fingerprint density at radius 2 is 1.55 bits per heavy atom. The summed E-state index contributed by atoms with van der Waals surface area (Å²) in [5.74, 6) is 1.51. The Morgan fingerprint density at radius 3 is 2.00 bits per heavy atom. The Labute approximate surface area is 185 Å². The molecule has 8 nitrogen and oxygen atoms in total. The molecule has 1 N–H and O–H groups in total. The van der Waals surface area contributed by atoms with Gasteiger partial charge in [-0.15, -0.1) is 0 Å². The van der Waals surface area contributed by atoms with Crippen molar-refractivity contribution in [2.75, 3.05) is 47.5 Å². The van der Waals surface area contributed by atoms with Crippen LogP contribution in [0.25, 0.3) is 6.08 Å². The lowest BCUT2D eigenvalue weighted by Crippen LogP contribution is -2.56. The van der Waals surface area contributed by atoms with E-state index in [1.165, 1.54) is 0 Å². The minimum Gasteiger partial charge on any atom is -0.493 e. The number of benzene rings is 1. The first kappa shape index (κ1) is 24.5. The summed E-state index contributed by atoms with van der Waals surface area (Å²) in [5.41, 5.74) is 0.509. The molecule has 1 fully saturated rings. The molecule has 1 aromatic rings. The highest BCUT2D eigenvalue weighted by molar-refractivity contribution is 5.92. The fraction of sp³-hybridized carbons (Fsp3) is 0.565. The van der Waals surface area contributed by atoms with Crippen molar-refractivity contribution in [1.82, 2.24) is 15.1 Å². The number of hydrogen-bond acceptors (Lipinski definition) is 6. The zero-order valence-corrected chi connectivity index (χ0v) is 19.7. The highest BCUT2D eigenvalue weighted by Crippen LogP contribution is 2.38. The van der Waals surface area contributed by atoms with Crippen LogP contribution in [0, 0.1) is 0 Å². The molecule has 1 saturated heterocycles. The van der Waals surface area contributed by atoms with Gasteiger partial charge in [0, 0.05) is 37.8 Å². The van der Waals surface area contributed by atoms with E-state index in [9.17, 15) is 9.59 Å². The lowest BCUT2D eigenvalue weighted by Gasteiger charge is -2.37. The van der Waals surface area contributed by atoms with Gasteiger partial charge in [-0.1, -0.05) is 0 Å². The van der Waals surface area contributed by atoms with Crippen molar-refractivity contribution in [2.45, 2.75) is 39.3 Å². The molecule has 0 aromatic heterocycles. The maximum atomic E-state index is 12.7. The summed E-state index contributed by atoms with van der Waals surface area (Å²) >= 11 is 0. The second-order valence-corrected chi connectivity index (χ2v) is 8.57. The van der Waals surface area contributed by atoms with E-state index in [4.69, 9.17) is 14.2 Å². The molecule has 0 saturated carbocycles. The van der Waals surface area contributed by atoms with Crippen molar-refractivity contribution in [3.8, 4) is 17.2 Å². The molecule has 0 spiro atoms. The van der Waals surface area contributed by atoms with Gasteiger partial charge >= 0.3 is 0 Å². The van der Waals surface area contributed by atoms with Crippen molar-refractivity contribution in [1.29, 1.82) is 0 Å². The Bertz CT molecular complexity index is 783. The van der Waals surface area contributed by atoms with Gasteiger partial charge in [-0.2, -0.15) is 0 Å². The van der Waals surface area contributed by atoms with Crippen LogP contribution < -0.4 is 19.5 Å². The van der Waals surface area contributed by atoms with E-state index in [0.29, 0.717) is 43.4 Å². The Hall–Kier alpha value is -2.74. The monoisotopic (exact) mass is 433 g/mol. The summed E-state index contributed by atoms with van der Waals surface area (Å²) in [6.45, 7) is 10.3. The van der Waals surface area contributed by atoms with Gasteiger partial charge in [0.15, 0.2) is 11.5 Å². The molecule has 1 aromatic carbocycles. The summed E-state index contributed by atoms with van der Waals surface area (Å²) in [6, 6.07) is 3.35. The number of carbonyl (C=O) groups excluding carboxylic acids is 2. The predicted molar refractivity (Wildman–Crippen MR) is 121 cm³/mol. The van der Waals surface area contributed by atoms with Crippen LogP contribution in [0.15, 0.2) is 18.2 Å². The quantitative estimate of drug-likeness (QED) is 0.664. The van der Waals surface area contributed by atoms with E-state index < -0.39 is 0 Å². The van der Waals surface area contributed by atoms with Gasteiger partial charge in [0.05, 0.1) is 27.4 Å². The standard InChI is InChI=1S/C23H35N3O5/c1-16(22(28)24-23(2,3)4)25-10-12-26(13-11-25)20(27)9-8-17-14-18(29-5)21(31-7)19(15-17)30-6/h8-9,14-16H,10-13H2,1-7H3,(H,24,28). The molecule has 8 heteroatoms. The first-order valence-electron chi connectivity index (χ1n) is 10.4. The van der Waals surface area contributed by atoms with Crippen LogP contribution in [-0.4, -0.2) is 80.7 Å². The molecule has 1 aliphatic rings. The maximum absolute atomic E-state index is 12.7. The normalized spacial score (nSPS) is 16.2. The molecule has 0 aliphatic carbocycles. The number of methoxy groups -OCH3 is 3. The minimum atomic E-state index is -0.263. The predicted octanol–water partition coefficient (Wildman–Crippen LogP) is 2.17. The zero-order chi connectivity index (χ0) is 23.2. The smallest absolute Gasteiger partial charge is 0.246 e. The number of amides is 2. The van der Waals surface area contributed by atoms with Crippen molar-refractivity contribution >= 4 is 17.9 Å². The summed E-state index contributed by atoms with van der Waals surface area (Å²) in [6.07, 6.45) is 3.28. The number of ether oxygens (including phenoxy) is 3. The van der Waals surface area contributed by atoms with Gasteiger partial charge in [0.1, 0.15) is 0 Å². The van der Waals surface area contributed by atoms with Crippen molar-refractivity contribution in [3.63, 3.8) is 0 Å². The Kier molecular flexibility index (Phi) is 8.33. The number of carbonyl (C=O) groups is 2. The van der Waals surface area contributed by atoms with E-state index in [0.717, 1.165) is 5.56 Å². The lowest BCUT2D eigenvalue weighted by molar-refractivity contribution is -0.130. The van der Waals surface area contributed by atoms with Crippen LogP contribution in [0.2, 0.25) is 0 Å². The fourth-order valence-electron chi connectivity index (χ4n) is 3.44. The van der Waals surface area contributed by atoms with E-state index in [1.807, 2.05) is 27.7 Å². The van der Waals surface area contributed by atoms with Gasteiger partial charge in [0.25, 0.3) is 0 Å². The molecule has 2 amide bonds. The van der Waals surface area contributed by atoms with Crippen LogP contribution in [0.3, 0.4) is 0 Å². The number of rotatable bonds is 7. The third kappa shape index (κ3) is 6.62. The number of piperazine rings is 1. The molecule has 1 unspecified atom stereocenters. The molecular formula is C23H35N3O5. The van der Waals surface area contributed by atoms with Crippen LogP contribution in [-0.2, 0) is 9.59 Å². The van der Waals surface area contributed by atoms with E-state index in [1.54, 1.807) is 50.5 Å². The molecule has 1 aliphatic heterocycles. The molecule has 1 atom stereocenters. The first-order valence-corrected chi connectivity index (χ1v) is 10.4. The summed E-state index contributed by atoms with van der Waals surface area (Å²) in [5, 5.41) is 3.01. The van der Waals surface area contributed by atoms with Crippen molar-refractivity contribution in [3.05, 3.63) is 23.8 Å². The molecule has 31 heavy (non-hydrogen) atoms. The van der Waals surface area contributed by atoms with Gasteiger partial charge in [-0.25, -0.2) is 0 Å². The minimum absolute atomic E-state index is 0.00886. The van der Waals surface area contributed by atoms with Crippen LogP contribution >= 0.6 is 0 Å². The number of nitrogens with one attached hydrogen (secondary N) is 1. The molecule has 0 radical (unpaired) electrons.